The summed E-state index contributed by atoms with van der Waals surface area (Å²) in [6, 6.07) is 3.48. The molecule has 2 rings (SSSR count). The lowest BCUT2D eigenvalue weighted by Crippen LogP contribution is -2.24. The van der Waals surface area contributed by atoms with E-state index in [1.165, 1.54) is 0 Å². The van der Waals surface area contributed by atoms with Gasteiger partial charge in [-0.25, -0.2) is 4.98 Å². The molecule has 0 aliphatic carbocycles. The van der Waals surface area contributed by atoms with E-state index >= 15 is 0 Å². The SMILES string of the molecule is CCCCCNC(=O)c1ccc(OC2CCOC2)nc1. The summed E-state index contributed by atoms with van der Waals surface area (Å²) < 4.78 is 10.9. The number of ether oxygens (including phenoxy) is 2. The van der Waals surface area contributed by atoms with Crippen molar-refractivity contribution in [1.82, 2.24) is 10.3 Å². The molecule has 1 aromatic heterocycles. The van der Waals surface area contributed by atoms with Crippen LogP contribution < -0.4 is 10.1 Å². The first-order valence-corrected chi connectivity index (χ1v) is 7.28. The number of rotatable bonds is 7. The molecule has 1 saturated heterocycles. The summed E-state index contributed by atoms with van der Waals surface area (Å²) in [6.45, 7) is 4.20. The maximum absolute atomic E-state index is 11.9. The quantitative estimate of drug-likeness (QED) is 0.777. The number of amides is 1. The second-order valence-corrected chi connectivity index (χ2v) is 4.95. The molecule has 5 heteroatoms. The van der Waals surface area contributed by atoms with Gasteiger partial charge in [0.25, 0.3) is 5.91 Å². The van der Waals surface area contributed by atoms with Gasteiger partial charge in [0.05, 0.1) is 18.8 Å². The van der Waals surface area contributed by atoms with Gasteiger partial charge in [-0.1, -0.05) is 19.8 Å². The van der Waals surface area contributed by atoms with E-state index in [2.05, 4.69) is 17.2 Å². The average Bonchev–Trinajstić information content (AvgIpc) is 2.97. The van der Waals surface area contributed by atoms with Crippen LogP contribution in [0.25, 0.3) is 0 Å². The lowest BCUT2D eigenvalue weighted by molar-refractivity contribution is 0.0952. The Morgan fingerprint density at radius 3 is 3.05 bits per heavy atom. The Hall–Kier alpha value is -1.62. The first-order valence-electron chi connectivity index (χ1n) is 7.28. The van der Waals surface area contributed by atoms with Crippen molar-refractivity contribution in [2.75, 3.05) is 19.8 Å². The summed E-state index contributed by atoms with van der Waals surface area (Å²) >= 11 is 0. The number of nitrogens with zero attached hydrogens (tertiary/aromatic N) is 1. The highest BCUT2D eigenvalue weighted by Gasteiger charge is 2.17. The Morgan fingerprint density at radius 1 is 1.50 bits per heavy atom. The Labute approximate surface area is 119 Å². The summed E-state index contributed by atoms with van der Waals surface area (Å²) in [5, 5.41) is 2.89. The summed E-state index contributed by atoms with van der Waals surface area (Å²) in [7, 11) is 0. The molecule has 0 bridgehead atoms. The van der Waals surface area contributed by atoms with Gasteiger partial charge in [-0.05, 0) is 12.5 Å². The Morgan fingerprint density at radius 2 is 2.40 bits per heavy atom. The van der Waals surface area contributed by atoms with E-state index in [1.807, 2.05) is 0 Å². The van der Waals surface area contributed by atoms with Crippen LogP contribution in [0.1, 0.15) is 43.0 Å². The Kier molecular flexibility index (Phi) is 5.80. The standard InChI is InChI=1S/C15H22N2O3/c1-2-3-4-8-16-15(18)12-5-6-14(17-10-12)20-13-7-9-19-11-13/h5-6,10,13H,2-4,7-9,11H2,1H3,(H,16,18). The molecule has 1 aliphatic heterocycles. The summed E-state index contributed by atoms with van der Waals surface area (Å²) in [5.74, 6) is 0.465. The number of aromatic nitrogens is 1. The van der Waals surface area contributed by atoms with Gasteiger partial charge in [-0.15, -0.1) is 0 Å². The molecule has 0 aromatic carbocycles. The van der Waals surface area contributed by atoms with Crippen molar-refractivity contribution < 1.29 is 14.3 Å². The predicted molar refractivity (Wildman–Crippen MR) is 75.9 cm³/mol. The van der Waals surface area contributed by atoms with Crippen LogP contribution in [0, 0.1) is 0 Å². The van der Waals surface area contributed by atoms with Crippen LogP contribution in [0.2, 0.25) is 0 Å². The van der Waals surface area contributed by atoms with Gasteiger partial charge in [-0.3, -0.25) is 4.79 Å². The third-order valence-electron chi connectivity index (χ3n) is 3.24. The van der Waals surface area contributed by atoms with Crippen LogP contribution in [0.4, 0.5) is 0 Å². The van der Waals surface area contributed by atoms with Crippen molar-refractivity contribution in [2.45, 2.75) is 38.7 Å². The molecular formula is C15H22N2O3. The number of pyridine rings is 1. The maximum Gasteiger partial charge on any atom is 0.252 e. The highest BCUT2D eigenvalue weighted by Crippen LogP contribution is 2.14. The Bertz CT molecular complexity index is 414. The maximum atomic E-state index is 11.9. The molecule has 1 N–H and O–H groups in total. The fourth-order valence-electron chi connectivity index (χ4n) is 2.04. The van der Waals surface area contributed by atoms with Crippen LogP contribution in [0.5, 0.6) is 5.88 Å². The summed E-state index contributed by atoms with van der Waals surface area (Å²) in [5.41, 5.74) is 0.566. The second-order valence-electron chi connectivity index (χ2n) is 4.95. The van der Waals surface area contributed by atoms with Crippen LogP contribution in [0.3, 0.4) is 0 Å². The third-order valence-corrected chi connectivity index (χ3v) is 3.24. The topological polar surface area (TPSA) is 60.5 Å². The molecule has 1 fully saturated rings. The molecule has 5 nitrogen and oxygen atoms in total. The molecule has 1 atom stereocenters. The lowest BCUT2D eigenvalue weighted by atomic mass is 10.2. The number of unbranched alkanes of at least 4 members (excludes halogenated alkanes) is 2. The molecular weight excluding hydrogens is 256 g/mol. The van der Waals surface area contributed by atoms with Crippen molar-refractivity contribution in [3.8, 4) is 5.88 Å². The number of carbonyl (C=O) groups is 1. The summed E-state index contributed by atoms with van der Waals surface area (Å²) in [6.07, 6.45) is 5.82. The van der Waals surface area contributed by atoms with Crippen molar-refractivity contribution in [3.05, 3.63) is 23.9 Å². The fraction of sp³-hybridized carbons (Fsp3) is 0.600. The largest absolute Gasteiger partial charge is 0.472 e. The first kappa shape index (κ1) is 14.8. The molecule has 1 aliphatic rings. The molecule has 1 unspecified atom stereocenters. The van der Waals surface area contributed by atoms with Gasteiger partial charge in [0, 0.05) is 25.2 Å². The minimum atomic E-state index is -0.0793. The molecule has 20 heavy (non-hydrogen) atoms. The van der Waals surface area contributed by atoms with Crippen molar-refractivity contribution in [2.24, 2.45) is 0 Å². The zero-order chi connectivity index (χ0) is 14.2. The van der Waals surface area contributed by atoms with Gasteiger partial charge < -0.3 is 14.8 Å². The van der Waals surface area contributed by atoms with E-state index < -0.39 is 0 Å². The molecule has 0 saturated carbocycles. The molecule has 2 heterocycles. The van der Waals surface area contributed by atoms with E-state index in [-0.39, 0.29) is 12.0 Å². The Balaban J connectivity index is 1.79. The van der Waals surface area contributed by atoms with Crippen LogP contribution in [-0.2, 0) is 4.74 Å². The molecule has 110 valence electrons. The number of hydrogen-bond acceptors (Lipinski definition) is 4. The van der Waals surface area contributed by atoms with Gasteiger partial charge >= 0.3 is 0 Å². The van der Waals surface area contributed by atoms with Crippen LogP contribution >= 0.6 is 0 Å². The molecule has 1 amide bonds. The van der Waals surface area contributed by atoms with Gasteiger partial charge in [-0.2, -0.15) is 0 Å². The van der Waals surface area contributed by atoms with E-state index in [4.69, 9.17) is 9.47 Å². The number of hydrogen-bond donors (Lipinski definition) is 1. The highest BCUT2D eigenvalue weighted by atomic mass is 16.5. The molecule has 0 spiro atoms. The third kappa shape index (κ3) is 4.49. The monoisotopic (exact) mass is 278 g/mol. The fourth-order valence-corrected chi connectivity index (χ4v) is 2.04. The first-order chi connectivity index (χ1) is 9.79. The van der Waals surface area contributed by atoms with Crippen molar-refractivity contribution in [1.29, 1.82) is 0 Å². The van der Waals surface area contributed by atoms with Crippen LogP contribution in [-0.4, -0.2) is 36.8 Å². The molecule has 0 radical (unpaired) electrons. The van der Waals surface area contributed by atoms with E-state index in [9.17, 15) is 4.79 Å². The van der Waals surface area contributed by atoms with Crippen molar-refractivity contribution >= 4 is 5.91 Å². The van der Waals surface area contributed by atoms with E-state index in [0.29, 0.717) is 24.6 Å². The minimum Gasteiger partial charge on any atom is -0.472 e. The summed E-state index contributed by atoms with van der Waals surface area (Å²) in [4.78, 5) is 16.0. The predicted octanol–water partition coefficient (Wildman–Crippen LogP) is 2.17. The zero-order valence-electron chi connectivity index (χ0n) is 11.9. The van der Waals surface area contributed by atoms with Gasteiger partial charge in [0.1, 0.15) is 6.10 Å². The van der Waals surface area contributed by atoms with Crippen LogP contribution in [0.15, 0.2) is 18.3 Å². The smallest absolute Gasteiger partial charge is 0.252 e. The zero-order valence-corrected chi connectivity index (χ0v) is 11.9. The normalized spacial score (nSPS) is 17.9. The van der Waals surface area contributed by atoms with Gasteiger partial charge in [0.15, 0.2) is 0 Å². The average molecular weight is 278 g/mol. The second kappa shape index (κ2) is 7.85. The number of nitrogens with one attached hydrogen (secondary N) is 1. The highest BCUT2D eigenvalue weighted by molar-refractivity contribution is 5.93. The molecule has 1 aromatic rings. The number of carbonyl (C=O) groups excluding carboxylic acids is 1. The van der Waals surface area contributed by atoms with E-state index in [1.54, 1.807) is 18.3 Å². The van der Waals surface area contributed by atoms with E-state index in [0.717, 1.165) is 32.3 Å². The minimum absolute atomic E-state index is 0.0793. The van der Waals surface area contributed by atoms with Gasteiger partial charge in [0.2, 0.25) is 5.88 Å². The van der Waals surface area contributed by atoms with Crippen molar-refractivity contribution in [3.63, 3.8) is 0 Å². The lowest BCUT2D eigenvalue weighted by Gasteiger charge is -2.11.